The van der Waals surface area contributed by atoms with Crippen LogP contribution >= 0.6 is 0 Å². The van der Waals surface area contributed by atoms with Crippen LogP contribution in [0.5, 0.6) is 0 Å². The molecule has 0 aliphatic heterocycles. The van der Waals surface area contributed by atoms with Gasteiger partial charge in [0.05, 0.1) is 6.42 Å². The van der Waals surface area contributed by atoms with Crippen LogP contribution in [0.1, 0.15) is 63.6 Å². The summed E-state index contributed by atoms with van der Waals surface area (Å²) in [6.07, 6.45) is 5.29. The van der Waals surface area contributed by atoms with Crippen LogP contribution in [-0.4, -0.2) is 15.9 Å². The van der Waals surface area contributed by atoms with Crippen LogP contribution in [0.2, 0.25) is 0 Å². The standard InChI is InChI=1S/C13H20N2O2/c1-3-4-11(16)8-12-14-13(15-17-12)10-6-5-9(2)7-10/h9-10H,3-8H2,1-2H3. The highest BCUT2D eigenvalue weighted by Crippen LogP contribution is 2.36. The summed E-state index contributed by atoms with van der Waals surface area (Å²) < 4.78 is 5.15. The van der Waals surface area contributed by atoms with Crippen molar-refractivity contribution in [3.8, 4) is 0 Å². The van der Waals surface area contributed by atoms with Gasteiger partial charge in [-0.3, -0.25) is 4.79 Å². The van der Waals surface area contributed by atoms with Gasteiger partial charge in [0.15, 0.2) is 5.82 Å². The Morgan fingerprint density at radius 2 is 2.29 bits per heavy atom. The number of ketones is 1. The first-order valence-electron chi connectivity index (χ1n) is 6.53. The number of Topliss-reactive ketones (excluding diaryl/α,β-unsaturated/α-hetero) is 1. The van der Waals surface area contributed by atoms with Crippen molar-refractivity contribution in [3.05, 3.63) is 11.7 Å². The lowest BCUT2D eigenvalue weighted by Gasteiger charge is -2.01. The van der Waals surface area contributed by atoms with E-state index in [4.69, 9.17) is 4.52 Å². The lowest BCUT2D eigenvalue weighted by molar-refractivity contribution is -0.118. The fourth-order valence-electron chi connectivity index (χ4n) is 2.48. The van der Waals surface area contributed by atoms with Gasteiger partial charge in [-0.05, 0) is 31.6 Å². The number of nitrogens with zero attached hydrogens (tertiary/aromatic N) is 2. The van der Waals surface area contributed by atoms with Crippen LogP contribution in [0.25, 0.3) is 0 Å². The molecule has 2 unspecified atom stereocenters. The van der Waals surface area contributed by atoms with Crippen molar-refractivity contribution in [3.63, 3.8) is 0 Å². The molecule has 1 saturated carbocycles. The molecule has 1 aliphatic carbocycles. The Balaban J connectivity index is 1.94. The van der Waals surface area contributed by atoms with Crippen molar-refractivity contribution in [1.82, 2.24) is 10.1 Å². The number of hydrogen-bond donors (Lipinski definition) is 0. The van der Waals surface area contributed by atoms with Crippen LogP contribution < -0.4 is 0 Å². The molecule has 0 radical (unpaired) electrons. The van der Waals surface area contributed by atoms with E-state index in [9.17, 15) is 4.79 Å². The fraction of sp³-hybridized carbons (Fsp3) is 0.769. The summed E-state index contributed by atoms with van der Waals surface area (Å²) in [6.45, 7) is 4.25. The lowest BCUT2D eigenvalue weighted by atomic mass is 10.1. The van der Waals surface area contributed by atoms with Crippen molar-refractivity contribution >= 4 is 5.78 Å². The van der Waals surface area contributed by atoms with Crippen molar-refractivity contribution < 1.29 is 9.32 Å². The van der Waals surface area contributed by atoms with Gasteiger partial charge in [-0.2, -0.15) is 4.98 Å². The Morgan fingerprint density at radius 3 is 2.94 bits per heavy atom. The van der Waals surface area contributed by atoms with Crippen LogP contribution in [0.3, 0.4) is 0 Å². The van der Waals surface area contributed by atoms with E-state index in [1.807, 2.05) is 6.92 Å². The highest BCUT2D eigenvalue weighted by Gasteiger charge is 2.26. The largest absolute Gasteiger partial charge is 0.339 e. The molecule has 1 fully saturated rings. The monoisotopic (exact) mass is 236 g/mol. The topological polar surface area (TPSA) is 56.0 Å². The number of carbonyl (C=O) groups excluding carboxylic acids is 1. The van der Waals surface area contributed by atoms with Crippen molar-refractivity contribution in [2.75, 3.05) is 0 Å². The van der Waals surface area contributed by atoms with Crippen LogP contribution in [0, 0.1) is 5.92 Å². The smallest absolute Gasteiger partial charge is 0.234 e. The summed E-state index contributed by atoms with van der Waals surface area (Å²) in [6, 6.07) is 0. The summed E-state index contributed by atoms with van der Waals surface area (Å²) in [5, 5.41) is 4.01. The lowest BCUT2D eigenvalue weighted by Crippen LogP contribution is -2.02. The zero-order valence-corrected chi connectivity index (χ0v) is 10.6. The Kier molecular flexibility index (Phi) is 3.92. The van der Waals surface area contributed by atoms with Gasteiger partial charge in [0, 0.05) is 12.3 Å². The van der Waals surface area contributed by atoms with Gasteiger partial charge >= 0.3 is 0 Å². The van der Waals surface area contributed by atoms with Gasteiger partial charge in [0.25, 0.3) is 0 Å². The van der Waals surface area contributed by atoms with E-state index in [1.54, 1.807) is 0 Å². The fourth-order valence-corrected chi connectivity index (χ4v) is 2.48. The van der Waals surface area contributed by atoms with Gasteiger partial charge in [0.1, 0.15) is 5.78 Å². The SMILES string of the molecule is CCCC(=O)Cc1nc(C2CCC(C)C2)no1. The molecule has 2 atom stereocenters. The van der Waals surface area contributed by atoms with Crippen molar-refractivity contribution in [1.29, 1.82) is 0 Å². The molecule has 0 aromatic carbocycles. The number of aromatic nitrogens is 2. The van der Waals surface area contributed by atoms with Gasteiger partial charge in [-0.25, -0.2) is 0 Å². The maximum Gasteiger partial charge on any atom is 0.234 e. The summed E-state index contributed by atoms with van der Waals surface area (Å²) >= 11 is 0. The molecule has 17 heavy (non-hydrogen) atoms. The third-order valence-electron chi connectivity index (χ3n) is 3.42. The summed E-state index contributed by atoms with van der Waals surface area (Å²) in [4.78, 5) is 15.8. The molecular formula is C13H20N2O2. The number of hydrogen-bond acceptors (Lipinski definition) is 4. The minimum atomic E-state index is 0.183. The predicted molar refractivity (Wildman–Crippen MR) is 63.7 cm³/mol. The average molecular weight is 236 g/mol. The Hall–Kier alpha value is -1.19. The second kappa shape index (κ2) is 5.43. The molecule has 1 aliphatic rings. The van der Waals surface area contributed by atoms with E-state index in [0.717, 1.165) is 31.0 Å². The van der Waals surface area contributed by atoms with Crippen LogP contribution in [-0.2, 0) is 11.2 Å². The third kappa shape index (κ3) is 3.14. The number of carbonyl (C=O) groups is 1. The van der Waals surface area contributed by atoms with E-state index in [2.05, 4.69) is 17.1 Å². The third-order valence-corrected chi connectivity index (χ3v) is 3.42. The molecule has 0 N–H and O–H groups in total. The molecule has 4 heteroatoms. The molecule has 0 spiro atoms. The second-order valence-corrected chi connectivity index (χ2v) is 5.13. The maximum absolute atomic E-state index is 11.5. The first-order chi connectivity index (χ1) is 8.19. The van der Waals surface area contributed by atoms with Gasteiger partial charge in [-0.15, -0.1) is 0 Å². The van der Waals surface area contributed by atoms with E-state index in [-0.39, 0.29) is 5.78 Å². The molecule has 2 rings (SSSR count). The maximum atomic E-state index is 11.5. The molecule has 0 saturated heterocycles. The Labute approximate surface area is 102 Å². The highest BCUT2D eigenvalue weighted by molar-refractivity contribution is 5.79. The first-order valence-corrected chi connectivity index (χ1v) is 6.53. The van der Waals surface area contributed by atoms with Gasteiger partial charge in [-0.1, -0.05) is 19.0 Å². The molecule has 1 aromatic heterocycles. The molecule has 0 amide bonds. The van der Waals surface area contributed by atoms with E-state index in [0.29, 0.717) is 24.7 Å². The molecule has 0 bridgehead atoms. The molecule has 4 nitrogen and oxygen atoms in total. The molecule has 1 heterocycles. The first kappa shape index (κ1) is 12.3. The minimum Gasteiger partial charge on any atom is -0.339 e. The molecule has 1 aromatic rings. The number of rotatable bonds is 5. The zero-order valence-electron chi connectivity index (χ0n) is 10.6. The predicted octanol–water partition coefficient (Wildman–Crippen LogP) is 2.88. The Morgan fingerprint density at radius 1 is 1.47 bits per heavy atom. The van der Waals surface area contributed by atoms with E-state index >= 15 is 0 Å². The molecular weight excluding hydrogens is 216 g/mol. The normalized spacial score (nSPS) is 24.1. The van der Waals surface area contributed by atoms with Crippen molar-refractivity contribution in [2.45, 2.75) is 58.3 Å². The summed E-state index contributed by atoms with van der Waals surface area (Å²) in [7, 11) is 0. The van der Waals surface area contributed by atoms with Crippen LogP contribution in [0.4, 0.5) is 0 Å². The van der Waals surface area contributed by atoms with Crippen molar-refractivity contribution in [2.24, 2.45) is 5.92 Å². The second-order valence-electron chi connectivity index (χ2n) is 5.13. The summed E-state index contributed by atoms with van der Waals surface area (Å²) in [5.41, 5.74) is 0. The van der Waals surface area contributed by atoms with Crippen LogP contribution in [0.15, 0.2) is 4.52 Å². The zero-order chi connectivity index (χ0) is 12.3. The summed E-state index contributed by atoms with van der Waals surface area (Å²) in [5.74, 6) is 2.65. The average Bonchev–Trinajstić information content (AvgIpc) is 2.87. The van der Waals surface area contributed by atoms with E-state index in [1.165, 1.54) is 6.42 Å². The van der Waals surface area contributed by atoms with Gasteiger partial charge < -0.3 is 4.52 Å². The Bertz CT molecular complexity index is 387. The van der Waals surface area contributed by atoms with E-state index < -0.39 is 0 Å². The minimum absolute atomic E-state index is 0.183. The molecule has 94 valence electrons. The quantitative estimate of drug-likeness (QED) is 0.788. The van der Waals surface area contributed by atoms with Gasteiger partial charge in [0.2, 0.25) is 5.89 Å². The highest BCUT2D eigenvalue weighted by atomic mass is 16.5.